The number of aryl methyl sites for hydroxylation is 1. The summed E-state index contributed by atoms with van der Waals surface area (Å²) >= 11 is 1.46. The minimum Gasteiger partial charge on any atom is -0.476 e. The Morgan fingerprint density at radius 3 is 2.76 bits per heavy atom. The Bertz CT molecular complexity index is 698. The summed E-state index contributed by atoms with van der Waals surface area (Å²) in [7, 11) is 1.63. The molecule has 0 saturated carbocycles. The average molecular weight is 308 g/mol. The number of halogens is 1. The van der Waals surface area contributed by atoms with Gasteiger partial charge in [-0.15, -0.1) is 11.8 Å². The highest BCUT2D eigenvalue weighted by molar-refractivity contribution is 8.00. The highest BCUT2D eigenvalue weighted by Gasteiger charge is 2.21. The van der Waals surface area contributed by atoms with Gasteiger partial charge in [-0.1, -0.05) is 6.07 Å². The molecule has 1 fully saturated rings. The number of rotatable bonds is 4. The third-order valence-electron chi connectivity index (χ3n) is 3.23. The van der Waals surface area contributed by atoms with Crippen LogP contribution in [0.5, 0.6) is 0 Å². The number of carboxylic acids is 1. The quantitative estimate of drug-likeness (QED) is 0.939. The molecule has 7 heteroatoms. The molecule has 3 rings (SSSR count). The molecule has 1 aromatic heterocycles. The van der Waals surface area contributed by atoms with Crippen molar-refractivity contribution in [3.63, 3.8) is 0 Å². The van der Waals surface area contributed by atoms with Gasteiger partial charge < -0.3 is 9.84 Å². The van der Waals surface area contributed by atoms with E-state index < -0.39 is 5.97 Å². The molecular weight excluding hydrogens is 295 g/mol. The van der Waals surface area contributed by atoms with Gasteiger partial charge in [-0.25, -0.2) is 9.18 Å². The molecule has 0 spiro atoms. The largest absolute Gasteiger partial charge is 0.476 e. The average Bonchev–Trinajstić information content (AvgIpc) is 2.77. The van der Waals surface area contributed by atoms with E-state index >= 15 is 0 Å². The molecule has 1 saturated heterocycles. The minimum atomic E-state index is -1.10. The van der Waals surface area contributed by atoms with E-state index in [0.29, 0.717) is 34.6 Å². The van der Waals surface area contributed by atoms with Crippen LogP contribution in [0.15, 0.2) is 29.2 Å². The number of aromatic nitrogens is 2. The van der Waals surface area contributed by atoms with E-state index in [1.54, 1.807) is 19.2 Å². The van der Waals surface area contributed by atoms with E-state index in [9.17, 15) is 9.18 Å². The van der Waals surface area contributed by atoms with Crippen molar-refractivity contribution in [3.05, 3.63) is 35.8 Å². The van der Waals surface area contributed by atoms with Crippen LogP contribution in [0.1, 0.15) is 10.5 Å². The van der Waals surface area contributed by atoms with Crippen molar-refractivity contribution in [2.75, 3.05) is 13.2 Å². The molecular formula is C14H13FN2O3S. The Morgan fingerprint density at radius 1 is 1.48 bits per heavy atom. The number of thioether (sulfide) groups is 1. The number of carboxylic acid groups (broad SMARTS) is 1. The fraction of sp³-hybridized carbons (Fsp3) is 0.286. The number of hydrogen-bond donors (Lipinski definition) is 1. The number of carbonyl (C=O) groups is 1. The van der Waals surface area contributed by atoms with Gasteiger partial charge in [0.1, 0.15) is 5.82 Å². The van der Waals surface area contributed by atoms with E-state index in [0.717, 1.165) is 0 Å². The summed E-state index contributed by atoms with van der Waals surface area (Å²) in [6.45, 7) is 1.30. The summed E-state index contributed by atoms with van der Waals surface area (Å²) < 4.78 is 20.7. The second-order valence-corrected chi connectivity index (χ2v) is 6.11. The van der Waals surface area contributed by atoms with Crippen LogP contribution in [0.4, 0.5) is 4.39 Å². The van der Waals surface area contributed by atoms with Crippen LogP contribution in [-0.2, 0) is 11.8 Å². The summed E-state index contributed by atoms with van der Waals surface area (Å²) in [6, 6.07) is 6.32. The molecule has 2 aromatic rings. The normalized spacial score (nSPS) is 15.0. The first-order valence-electron chi connectivity index (χ1n) is 6.36. The van der Waals surface area contributed by atoms with Crippen LogP contribution < -0.4 is 0 Å². The molecule has 110 valence electrons. The first kappa shape index (κ1) is 14.1. The number of aromatic carboxylic acids is 1. The first-order chi connectivity index (χ1) is 10.0. The van der Waals surface area contributed by atoms with Gasteiger partial charge in [0.2, 0.25) is 0 Å². The predicted octanol–water partition coefficient (Wildman–Crippen LogP) is 2.42. The Kier molecular flexibility index (Phi) is 3.69. The second kappa shape index (κ2) is 5.50. The molecule has 1 aliphatic heterocycles. The lowest BCUT2D eigenvalue weighted by atomic mass is 10.1. The monoisotopic (exact) mass is 308 g/mol. The van der Waals surface area contributed by atoms with Crippen molar-refractivity contribution in [2.45, 2.75) is 10.1 Å². The van der Waals surface area contributed by atoms with Crippen molar-refractivity contribution in [3.8, 4) is 11.3 Å². The van der Waals surface area contributed by atoms with Gasteiger partial charge in [0, 0.05) is 17.5 Å². The number of benzene rings is 1. The molecule has 5 nitrogen and oxygen atoms in total. The molecule has 0 bridgehead atoms. The van der Waals surface area contributed by atoms with E-state index in [1.165, 1.54) is 28.6 Å². The van der Waals surface area contributed by atoms with Crippen LogP contribution in [0, 0.1) is 5.82 Å². The van der Waals surface area contributed by atoms with Crippen molar-refractivity contribution < 1.29 is 19.0 Å². The summed E-state index contributed by atoms with van der Waals surface area (Å²) in [5, 5.41) is 13.1. The molecule has 1 N–H and O–H groups in total. The van der Waals surface area contributed by atoms with Crippen molar-refractivity contribution in [2.24, 2.45) is 7.05 Å². The Hall–Kier alpha value is -1.86. The van der Waals surface area contributed by atoms with Crippen LogP contribution in [0.3, 0.4) is 0 Å². The number of nitrogens with zero attached hydrogens (tertiary/aromatic N) is 2. The summed E-state index contributed by atoms with van der Waals surface area (Å²) in [5.74, 6) is -1.42. The van der Waals surface area contributed by atoms with Gasteiger partial charge in [0.15, 0.2) is 5.69 Å². The van der Waals surface area contributed by atoms with Gasteiger partial charge >= 0.3 is 5.97 Å². The van der Waals surface area contributed by atoms with Gasteiger partial charge in [-0.3, -0.25) is 4.68 Å². The highest BCUT2D eigenvalue weighted by atomic mass is 32.2. The molecule has 1 aromatic carbocycles. The maximum absolute atomic E-state index is 14.1. The predicted molar refractivity (Wildman–Crippen MR) is 76.0 cm³/mol. The molecule has 0 atom stereocenters. The van der Waals surface area contributed by atoms with E-state index in [2.05, 4.69) is 5.10 Å². The molecule has 0 aliphatic carbocycles. The van der Waals surface area contributed by atoms with Gasteiger partial charge in [0.05, 0.1) is 24.2 Å². The molecule has 21 heavy (non-hydrogen) atoms. The Morgan fingerprint density at radius 2 is 2.24 bits per heavy atom. The minimum absolute atomic E-state index is 0.0574. The zero-order chi connectivity index (χ0) is 15.0. The molecule has 0 radical (unpaired) electrons. The van der Waals surface area contributed by atoms with Crippen molar-refractivity contribution in [1.29, 1.82) is 0 Å². The van der Waals surface area contributed by atoms with E-state index in [-0.39, 0.29) is 11.5 Å². The number of ether oxygens (including phenoxy) is 1. The van der Waals surface area contributed by atoms with Gasteiger partial charge in [-0.2, -0.15) is 5.10 Å². The Labute approximate surface area is 124 Å². The maximum atomic E-state index is 14.1. The highest BCUT2D eigenvalue weighted by Crippen LogP contribution is 2.32. The third kappa shape index (κ3) is 2.79. The summed E-state index contributed by atoms with van der Waals surface area (Å²) in [6.07, 6.45) is 0. The molecule has 0 amide bonds. The standard InChI is InChI=1S/C14H13FN2O3S/c1-17-12(5-11(16-17)14(18)19)8-2-3-13(10(15)4-8)21-9-6-20-7-9/h2-5,9H,6-7H2,1H3,(H,18,19). The van der Waals surface area contributed by atoms with E-state index in [1.807, 2.05) is 0 Å². The second-order valence-electron chi connectivity index (χ2n) is 4.77. The molecule has 1 aliphatic rings. The van der Waals surface area contributed by atoms with Crippen molar-refractivity contribution >= 4 is 17.7 Å². The van der Waals surface area contributed by atoms with Crippen LogP contribution in [0.25, 0.3) is 11.3 Å². The smallest absolute Gasteiger partial charge is 0.356 e. The van der Waals surface area contributed by atoms with Crippen molar-refractivity contribution in [1.82, 2.24) is 9.78 Å². The van der Waals surface area contributed by atoms with Crippen LogP contribution >= 0.6 is 11.8 Å². The third-order valence-corrected chi connectivity index (χ3v) is 4.42. The maximum Gasteiger partial charge on any atom is 0.356 e. The van der Waals surface area contributed by atoms with Gasteiger partial charge in [-0.05, 0) is 18.2 Å². The molecule has 2 heterocycles. The van der Waals surface area contributed by atoms with E-state index in [4.69, 9.17) is 9.84 Å². The SMILES string of the molecule is Cn1nc(C(=O)O)cc1-c1ccc(SC2COC2)c(F)c1. The zero-order valence-electron chi connectivity index (χ0n) is 11.2. The first-order valence-corrected chi connectivity index (χ1v) is 7.24. The van der Waals surface area contributed by atoms with Crippen LogP contribution in [0.2, 0.25) is 0 Å². The topological polar surface area (TPSA) is 64.4 Å². The summed E-state index contributed by atoms with van der Waals surface area (Å²) in [5.41, 5.74) is 1.11. The van der Waals surface area contributed by atoms with Crippen LogP contribution in [-0.4, -0.2) is 39.3 Å². The zero-order valence-corrected chi connectivity index (χ0v) is 12.1. The summed E-state index contributed by atoms with van der Waals surface area (Å²) in [4.78, 5) is 11.5. The lowest BCUT2D eigenvalue weighted by Crippen LogP contribution is -2.30. The fourth-order valence-electron chi connectivity index (χ4n) is 2.06. The molecule has 0 unspecified atom stereocenters. The van der Waals surface area contributed by atoms with Gasteiger partial charge in [0.25, 0.3) is 0 Å². The lowest BCUT2D eigenvalue weighted by Gasteiger charge is -2.25. The Balaban J connectivity index is 1.88. The fourth-order valence-corrected chi connectivity index (χ4v) is 3.07. The lowest BCUT2D eigenvalue weighted by molar-refractivity contribution is 0.0455. The number of hydrogen-bond acceptors (Lipinski definition) is 4.